The molecule has 0 N–H and O–H groups in total. The number of rotatable bonds is 2. The fourth-order valence-electron chi connectivity index (χ4n) is 2.16. The van der Waals surface area contributed by atoms with Gasteiger partial charge < -0.3 is 0 Å². The quantitative estimate of drug-likeness (QED) is 0.318. The van der Waals surface area contributed by atoms with Crippen molar-refractivity contribution < 1.29 is 26.3 Å². The first-order valence-electron chi connectivity index (χ1n) is 7.43. The summed E-state index contributed by atoms with van der Waals surface area (Å²) in [5.41, 5.74) is 1.75. The molecule has 2 aromatic rings. The molecule has 26 heavy (non-hydrogen) atoms. The molecule has 0 saturated carbocycles. The molecular weight excluding hydrogens is 354 g/mol. The van der Waals surface area contributed by atoms with Gasteiger partial charge in [-0.25, -0.2) is 13.2 Å². The van der Waals surface area contributed by atoms with Gasteiger partial charge in [0.1, 0.15) is 5.82 Å². The van der Waals surface area contributed by atoms with Crippen LogP contribution >= 0.6 is 0 Å². The summed E-state index contributed by atoms with van der Waals surface area (Å²) in [6.07, 6.45) is -1.45. The minimum Gasteiger partial charge on any atom is -0.214 e. The van der Waals surface area contributed by atoms with Gasteiger partial charge in [-0.05, 0) is 54.8 Å². The molecule has 0 saturated heterocycles. The lowest BCUT2D eigenvalue weighted by atomic mass is 10.0. The first-order valence-corrected chi connectivity index (χ1v) is 7.43. The highest BCUT2D eigenvalue weighted by molar-refractivity contribution is 5.72. The predicted molar refractivity (Wildman–Crippen MR) is 91.1 cm³/mol. The summed E-state index contributed by atoms with van der Waals surface area (Å²) in [5.74, 6) is 4.85. The van der Waals surface area contributed by atoms with Crippen molar-refractivity contribution in [3.63, 3.8) is 0 Å². The van der Waals surface area contributed by atoms with Gasteiger partial charge in [-0.3, -0.25) is 0 Å². The molecule has 0 aromatic heterocycles. The zero-order valence-electron chi connectivity index (χ0n) is 14.1. The van der Waals surface area contributed by atoms with Gasteiger partial charge in [0, 0.05) is 5.56 Å². The van der Waals surface area contributed by atoms with Crippen LogP contribution in [0.2, 0.25) is 0 Å². The lowest BCUT2D eigenvalue weighted by Crippen LogP contribution is -2.05. The summed E-state index contributed by atoms with van der Waals surface area (Å²) >= 11 is 0. The number of hydrogen-bond acceptors (Lipinski definition) is 0. The van der Waals surface area contributed by atoms with E-state index in [1.54, 1.807) is 13.0 Å². The van der Waals surface area contributed by atoms with E-state index in [0.717, 1.165) is 28.8 Å². The van der Waals surface area contributed by atoms with Crippen LogP contribution in [0.15, 0.2) is 36.4 Å². The Hall–Kier alpha value is -2.68. The zero-order chi connectivity index (χ0) is 19.7. The molecule has 0 nitrogen and oxygen atoms in total. The molecule has 0 spiro atoms. The average molecular weight is 370 g/mol. The topological polar surface area (TPSA) is 0 Å². The van der Waals surface area contributed by atoms with Gasteiger partial charge in [0.05, 0.1) is 5.56 Å². The molecule has 0 heterocycles. The maximum atomic E-state index is 13.4. The molecule has 2 aromatic carbocycles. The van der Waals surface area contributed by atoms with E-state index in [-0.39, 0.29) is 5.56 Å². The van der Waals surface area contributed by atoms with Crippen molar-refractivity contribution >= 4 is 12.2 Å². The van der Waals surface area contributed by atoms with Crippen molar-refractivity contribution in [2.24, 2.45) is 0 Å². The number of alkyl halides is 5. The molecule has 138 valence electrons. The Balaban J connectivity index is 0.00000105. The van der Waals surface area contributed by atoms with E-state index in [2.05, 4.69) is 11.8 Å². The molecule has 0 radical (unpaired) electrons. The minimum absolute atomic E-state index is 0.156. The third-order valence-corrected chi connectivity index (χ3v) is 3.34. The molecule has 0 unspecified atom stereocenters. The Kier molecular flexibility index (Phi) is 7.98. The van der Waals surface area contributed by atoms with Crippen LogP contribution in [0.1, 0.15) is 34.7 Å². The standard InChI is InChI=1S/C19H14F4.CH2F2/c1-3-5-15-6-4-7-16(13(15)2)9-8-14-10-17(19(21,22)23)12-18(20)11-14;2-1-3/h4,6-12H,1-2H3;1H2/b9-8+;. The predicted octanol–water partition coefficient (Wildman–Crippen LogP) is 6.58. The van der Waals surface area contributed by atoms with Crippen molar-refractivity contribution in [1.29, 1.82) is 0 Å². The van der Waals surface area contributed by atoms with Crippen LogP contribution in [0, 0.1) is 24.6 Å². The molecule has 0 bridgehead atoms. The Labute approximate surface area is 148 Å². The number of benzene rings is 2. The van der Waals surface area contributed by atoms with Gasteiger partial charge in [-0.15, -0.1) is 5.92 Å². The van der Waals surface area contributed by atoms with E-state index in [1.165, 1.54) is 6.08 Å². The van der Waals surface area contributed by atoms with Gasteiger partial charge >= 0.3 is 6.18 Å². The van der Waals surface area contributed by atoms with Crippen LogP contribution < -0.4 is 0 Å². The molecule has 6 heteroatoms. The fraction of sp³-hybridized carbons (Fsp3) is 0.200. The summed E-state index contributed by atoms with van der Waals surface area (Å²) in [4.78, 5) is 0. The molecule has 0 fully saturated rings. The largest absolute Gasteiger partial charge is 0.416 e. The molecular formula is C20H16F6. The number of hydrogen-bond donors (Lipinski definition) is 0. The van der Waals surface area contributed by atoms with E-state index in [4.69, 9.17) is 0 Å². The Morgan fingerprint density at radius 2 is 1.69 bits per heavy atom. The van der Waals surface area contributed by atoms with E-state index >= 15 is 0 Å². The maximum Gasteiger partial charge on any atom is 0.416 e. The Bertz CT molecular complexity index is 822. The van der Waals surface area contributed by atoms with Crippen LogP contribution in [0.25, 0.3) is 12.2 Å². The molecule has 0 aliphatic carbocycles. The molecule has 0 aliphatic rings. The first kappa shape index (κ1) is 21.4. The molecule has 0 aliphatic heterocycles. The van der Waals surface area contributed by atoms with E-state index in [1.807, 2.05) is 25.1 Å². The van der Waals surface area contributed by atoms with Gasteiger partial charge in [-0.2, -0.15) is 13.2 Å². The first-order chi connectivity index (χ1) is 12.2. The van der Waals surface area contributed by atoms with Crippen molar-refractivity contribution in [1.82, 2.24) is 0 Å². The smallest absolute Gasteiger partial charge is 0.214 e. The maximum absolute atomic E-state index is 13.4. The van der Waals surface area contributed by atoms with Crippen molar-refractivity contribution in [2.75, 3.05) is 6.93 Å². The normalized spacial score (nSPS) is 10.8. The highest BCUT2D eigenvalue weighted by Crippen LogP contribution is 2.31. The second-order valence-electron chi connectivity index (χ2n) is 5.10. The Morgan fingerprint density at radius 3 is 2.27 bits per heavy atom. The highest BCUT2D eigenvalue weighted by Gasteiger charge is 2.31. The zero-order valence-corrected chi connectivity index (χ0v) is 14.1. The summed E-state index contributed by atoms with van der Waals surface area (Å²) < 4.78 is 70.7. The second-order valence-corrected chi connectivity index (χ2v) is 5.10. The van der Waals surface area contributed by atoms with Crippen LogP contribution in [0.3, 0.4) is 0 Å². The molecule has 0 atom stereocenters. The van der Waals surface area contributed by atoms with Gasteiger partial charge in [0.25, 0.3) is 0 Å². The van der Waals surface area contributed by atoms with Crippen LogP contribution in [-0.4, -0.2) is 6.93 Å². The molecule has 2 rings (SSSR count). The molecule has 0 amide bonds. The number of halogens is 6. The van der Waals surface area contributed by atoms with Gasteiger partial charge in [0.15, 0.2) is 0 Å². The average Bonchev–Trinajstić information content (AvgIpc) is 2.55. The minimum atomic E-state index is -4.57. The van der Waals surface area contributed by atoms with E-state index in [9.17, 15) is 26.3 Å². The van der Waals surface area contributed by atoms with E-state index in [0.29, 0.717) is 6.07 Å². The fourth-order valence-corrected chi connectivity index (χ4v) is 2.16. The van der Waals surface area contributed by atoms with Crippen LogP contribution in [0.4, 0.5) is 26.3 Å². The summed E-state index contributed by atoms with van der Waals surface area (Å²) in [6.45, 7) is 1.86. The lowest BCUT2D eigenvalue weighted by molar-refractivity contribution is -0.137. The van der Waals surface area contributed by atoms with Crippen LogP contribution in [-0.2, 0) is 6.18 Å². The monoisotopic (exact) mass is 370 g/mol. The Morgan fingerprint density at radius 1 is 1.04 bits per heavy atom. The summed E-state index contributed by atoms with van der Waals surface area (Å²) in [7, 11) is 0. The highest BCUT2D eigenvalue weighted by atomic mass is 19.4. The summed E-state index contributed by atoms with van der Waals surface area (Å²) in [6, 6.07) is 7.99. The van der Waals surface area contributed by atoms with Gasteiger partial charge in [0.2, 0.25) is 6.93 Å². The lowest BCUT2D eigenvalue weighted by Gasteiger charge is -2.08. The summed E-state index contributed by atoms with van der Waals surface area (Å²) in [5, 5.41) is 0. The van der Waals surface area contributed by atoms with Gasteiger partial charge in [-0.1, -0.05) is 30.2 Å². The SMILES string of the molecule is CC#Cc1cccc(/C=C/c2cc(F)cc(C(F)(F)F)c2)c1C.FCF. The third-order valence-electron chi connectivity index (χ3n) is 3.34. The van der Waals surface area contributed by atoms with Crippen molar-refractivity contribution in [2.45, 2.75) is 20.0 Å². The second kappa shape index (κ2) is 9.71. The van der Waals surface area contributed by atoms with Crippen molar-refractivity contribution in [3.05, 3.63) is 70.0 Å². The van der Waals surface area contributed by atoms with Crippen LogP contribution in [0.5, 0.6) is 0 Å². The van der Waals surface area contributed by atoms with E-state index < -0.39 is 24.5 Å². The third kappa shape index (κ3) is 6.32. The van der Waals surface area contributed by atoms with Crippen molar-refractivity contribution in [3.8, 4) is 11.8 Å².